The highest BCUT2D eigenvalue weighted by atomic mass is 16.6. The van der Waals surface area contributed by atoms with Crippen LogP contribution in [0, 0.1) is 0 Å². The monoisotopic (exact) mass is 320 g/mol. The molecule has 1 unspecified atom stereocenters. The van der Waals surface area contributed by atoms with Gasteiger partial charge in [0.2, 0.25) is 0 Å². The highest BCUT2D eigenvalue weighted by Crippen LogP contribution is 2.23. The van der Waals surface area contributed by atoms with E-state index in [2.05, 4.69) is 4.98 Å². The Morgan fingerprint density at radius 2 is 2.00 bits per heavy atom. The number of carboxylic acids is 1. The molecule has 0 spiro atoms. The van der Waals surface area contributed by atoms with Gasteiger partial charge in [0.25, 0.3) is 5.91 Å². The van der Waals surface area contributed by atoms with E-state index in [0.717, 1.165) is 6.42 Å². The smallest absolute Gasteiger partial charge is 0.354 e. The van der Waals surface area contributed by atoms with Crippen LogP contribution in [0.1, 0.15) is 54.5 Å². The Labute approximate surface area is 134 Å². The van der Waals surface area contributed by atoms with Gasteiger partial charge in [-0.3, -0.25) is 4.79 Å². The molecule has 0 bridgehead atoms. The average molecular weight is 320 g/mol. The maximum absolute atomic E-state index is 12.5. The van der Waals surface area contributed by atoms with E-state index in [9.17, 15) is 14.4 Å². The number of aromatic nitrogens is 1. The van der Waals surface area contributed by atoms with Crippen LogP contribution in [0.5, 0.6) is 0 Å². The number of aromatic carboxylic acids is 1. The van der Waals surface area contributed by atoms with Gasteiger partial charge in [0, 0.05) is 12.7 Å². The molecule has 124 valence electrons. The van der Waals surface area contributed by atoms with Gasteiger partial charge < -0.3 is 14.7 Å². The van der Waals surface area contributed by atoms with E-state index >= 15 is 0 Å². The molecule has 1 aromatic rings. The fraction of sp³-hybridized carbons (Fsp3) is 0.500. The third-order valence-corrected chi connectivity index (χ3v) is 3.42. The van der Waals surface area contributed by atoms with Gasteiger partial charge in [0.15, 0.2) is 0 Å². The first-order valence-electron chi connectivity index (χ1n) is 7.42. The van der Waals surface area contributed by atoms with Crippen molar-refractivity contribution in [3.8, 4) is 0 Å². The van der Waals surface area contributed by atoms with Crippen LogP contribution in [-0.4, -0.2) is 51.0 Å². The Kier molecular flexibility index (Phi) is 4.68. The minimum absolute atomic E-state index is 0.133. The predicted molar refractivity (Wildman–Crippen MR) is 81.1 cm³/mol. The van der Waals surface area contributed by atoms with E-state index in [1.807, 2.05) is 0 Å². The standard InChI is InChI=1S/C16H20N2O5/c1-16(2,3)23-15(22)12-5-4-8-18(12)13(19)10-6-7-11(14(20)21)17-9-10/h6-7,9,12H,4-5,8H2,1-3H3,(H,20,21). The first-order chi connectivity index (χ1) is 10.7. The second kappa shape index (κ2) is 6.36. The lowest BCUT2D eigenvalue weighted by atomic mass is 10.1. The number of carboxylic acid groups (broad SMARTS) is 1. The Morgan fingerprint density at radius 1 is 1.30 bits per heavy atom. The number of esters is 1. The van der Waals surface area contributed by atoms with E-state index in [1.165, 1.54) is 23.2 Å². The van der Waals surface area contributed by atoms with Crippen molar-refractivity contribution in [2.24, 2.45) is 0 Å². The lowest BCUT2D eigenvalue weighted by molar-refractivity contribution is -0.159. The zero-order chi connectivity index (χ0) is 17.2. The number of hydrogen-bond donors (Lipinski definition) is 1. The summed E-state index contributed by atoms with van der Waals surface area (Å²) in [6, 6.07) is 2.07. The van der Waals surface area contributed by atoms with Crippen LogP contribution in [0.15, 0.2) is 18.3 Å². The third-order valence-electron chi connectivity index (χ3n) is 3.42. The molecule has 2 rings (SSSR count). The number of likely N-dealkylation sites (tertiary alicyclic amines) is 1. The maximum Gasteiger partial charge on any atom is 0.354 e. The second-order valence-electron chi connectivity index (χ2n) is 6.43. The van der Waals surface area contributed by atoms with Gasteiger partial charge in [-0.15, -0.1) is 0 Å². The number of hydrogen-bond acceptors (Lipinski definition) is 5. The molecule has 1 aliphatic heterocycles. The van der Waals surface area contributed by atoms with Crippen molar-refractivity contribution in [1.29, 1.82) is 0 Å². The molecule has 0 aromatic carbocycles. The van der Waals surface area contributed by atoms with Crippen molar-refractivity contribution in [3.05, 3.63) is 29.6 Å². The fourth-order valence-corrected chi connectivity index (χ4v) is 2.44. The molecule has 1 saturated heterocycles. The molecule has 1 N–H and O–H groups in total. The molecule has 1 fully saturated rings. The molecule has 7 heteroatoms. The normalized spacial score (nSPS) is 17.9. The summed E-state index contributed by atoms with van der Waals surface area (Å²) in [5, 5.41) is 8.83. The summed E-state index contributed by atoms with van der Waals surface area (Å²) in [7, 11) is 0. The lowest BCUT2D eigenvalue weighted by Crippen LogP contribution is -2.43. The Bertz CT molecular complexity index is 618. The predicted octanol–water partition coefficient (Wildman–Crippen LogP) is 1.73. The van der Waals surface area contributed by atoms with Gasteiger partial charge in [-0.2, -0.15) is 0 Å². The van der Waals surface area contributed by atoms with Gasteiger partial charge in [-0.25, -0.2) is 14.6 Å². The minimum Gasteiger partial charge on any atom is -0.477 e. The largest absolute Gasteiger partial charge is 0.477 e. The van der Waals surface area contributed by atoms with Gasteiger partial charge in [-0.05, 0) is 45.7 Å². The summed E-state index contributed by atoms with van der Waals surface area (Å²) in [4.78, 5) is 40.8. The van der Waals surface area contributed by atoms with Crippen molar-refractivity contribution in [3.63, 3.8) is 0 Å². The minimum atomic E-state index is -1.16. The van der Waals surface area contributed by atoms with Crippen molar-refractivity contribution in [2.45, 2.75) is 45.3 Å². The molecule has 0 aliphatic carbocycles. The van der Waals surface area contributed by atoms with E-state index < -0.39 is 23.6 Å². The SMILES string of the molecule is CC(C)(C)OC(=O)C1CCCN1C(=O)c1ccc(C(=O)O)nc1. The number of ether oxygens (including phenoxy) is 1. The Morgan fingerprint density at radius 3 is 2.52 bits per heavy atom. The van der Waals surface area contributed by atoms with Gasteiger partial charge in [-0.1, -0.05) is 0 Å². The highest BCUT2D eigenvalue weighted by Gasteiger charge is 2.37. The first kappa shape index (κ1) is 16.9. The second-order valence-corrected chi connectivity index (χ2v) is 6.43. The summed E-state index contributed by atoms with van der Waals surface area (Å²) < 4.78 is 5.36. The molecule has 1 amide bonds. The average Bonchev–Trinajstić information content (AvgIpc) is 2.94. The van der Waals surface area contributed by atoms with Crippen LogP contribution in [0.3, 0.4) is 0 Å². The summed E-state index contributed by atoms with van der Waals surface area (Å²) >= 11 is 0. The van der Waals surface area contributed by atoms with Crippen LogP contribution in [0.4, 0.5) is 0 Å². The summed E-state index contributed by atoms with van der Waals surface area (Å²) in [5.74, 6) is -1.92. The number of amides is 1. The van der Waals surface area contributed by atoms with E-state index in [0.29, 0.717) is 13.0 Å². The highest BCUT2D eigenvalue weighted by molar-refractivity contribution is 5.97. The van der Waals surface area contributed by atoms with Crippen LogP contribution in [0.25, 0.3) is 0 Å². The van der Waals surface area contributed by atoms with E-state index in [4.69, 9.17) is 9.84 Å². The zero-order valence-corrected chi connectivity index (χ0v) is 13.4. The molecule has 1 aliphatic rings. The number of carbonyl (C=O) groups is 3. The zero-order valence-electron chi connectivity index (χ0n) is 13.4. The van der Waals surface area contributed by atoms with Gasteiger partial charge in [0.05, 0.1) is 5.56 Å². The molecule has 1 atom stereocenters. The summed E-state index contributed by atoms with van der Waals surface area (Å²) in [5.41, 5.74) is -0.490. The molecular weight excluding hydrogens is 300 g/mol. The lowest BCUT2D eigenvalue weighted by Gasteiger charge is -2.27. The maximum atomic E-state index is 12.5. The summed E-state index contributed by atoms with van der Waals surface area (Å²) in [6.45, 7) is 5.80. The quantitative estimate of drug-likeness (QED) is 0.852. The van der Waals surface area contributed by atoms with Gasteiger partial charge in [0.1, 0.15) is 17.3 Å². The van der Waals surface area contributed by atoms with Crippen molar-refractivity contribution < 1.29 is 24.2 Å². The number of nitrogens with zero attached hydrogens (tertiary/aromatic N) is 2. The molecule has 0 saturated carbocycles. The number of rotatable bonds is 3. The van der Waals surface area contributed by atoms with Gasteiger partial charge >= 0.3 is 11.9 Å². The topological polar surface area (TPSA) is 96.8 Å². The first-order valence-corrected chi connectivity index (χ1v) is 7.42. The number of pyridine rings is 1. The molecule has 7 nitrogen and oxygen atoms in total. The van der Waals surface area contributed by atoms with Crippen LogP contribution in [-0.2, 0) is 9.53 Å². The Balaban J connectivity index is 2.14. The molecule has 23 heavy (non-hydrogen) atoms. The van der Waals surface area contributed by atoms with Crippen LogP contribution >= 0.6 is 0 Å². The third kappa shape index (κ3) is 4.06. The van der Waals surface area contributed by atoms with Crippen molar-refractivity contribution >= 4 is 17.8 Å². The van der Waals surface area contributed by atoms with Crippen LogP contribution in [0.2, 0.25) is 0 Å². The van der Waals surface area contributed by atoms with Crippen molar-refractivity contribution in [2.75, 3.05) is 6.54 Å². The summed E-state index contributed by atoms with van der Waals surface area (Å²) in [6.07, 6.45) is 2.49. The van der Waals surface area contributed by atoms with Crippen molar-refractivity contribution in [1.82, 2.24) is 9.88 Å². The van der Waals surface area contributed by atoms with E-state index in [-0.39, 0.29) is 17.2 Å². The molecular formula is C16H20N2O5. The molecule has 0 radical (unpaired) electrons. The van der Waals surface area contributed by atoms with Crippen LogP contribution < -0.4 is 0 Å². The fourth-order valence-electron chi connectivity index (χ4n) is 2.44. The number of carbonyl (C=O) groups excluding carboxylic acids is 2. The Hall–Kier alpha value is -2.44. The molecule has 1 aromatic heterocycles. The molecule has 2 heterocycles. The van der Waals surface area contributed by atoms with E-state index in [1.54, 1.807) is 20.8 Å².